The molecule has 8 rings (SSSR count). The smallest absolute Gasteiger partial charge is 0.306 e. The van der Waals surface area contributed by atoms with Crippen LogP contribution in [0.2, 0.25) is 0 Å². The number of rotatable bonds is 15. The molecule has 4 heterocycles. The summed E-state index contributed by atoms with van der Waals surface area (Å²) in [7, 11) is 0. The molecule has 11 heteroatoms. The van der Waals surface area contributed by atoms with Crippen LogP contribution in [0.4, 0.5) is 0 Å². The number of benzene rings is 4. The fourth-order valence-corrected chi connectivity index (χ4v) is 7.61. The molecule has 2 saturated heterocycles. The van der Waals surface area contributed by atoms with E-state index in [4.69, 9.17) is 20.3 Å². The highest BCUT2D eigenvalue weighted by Gasteiger charge is 2.28. The Kier molecular flexibility index (Phi) is 18.7. The summed E-state index contributed by atoms with van der Waals surface area (Å²) in [5.41, 5.74) is 9.95. The Morgan fingerprint density at radius 2 is 0.984 bits per heavy atom. The predicted molar refractivity (Wildman–Crippen MR) is 247 cm³/mol. The van der Waals surface area contributed by atoms with Gasteiger partial charge < -0.3 is 25.6 Å². The highest BCUT2D eigenvalue weighted by molar-refractivity contribution is 5.79. The van der Waals surface area contributed by atoms with Crippen LogP contribution in [0.5, 0.6) is 11.5 Å². The standard InChI is InChI=1S/C26H29N3O2.C14H19NO3.C12H12N2/c30-26(28-25(21-9-3-1-4-10-21)24-13-7-8-16-27-24)22-14-17-29(18-15-22)19-20-31-23-11-5-2-6-12-23;16-14(17)12-6-8-15(9-7-12)10-11-18-13-4-2-1-3-5-13;13-12(10-6-2-1-3-7-10)11-8-4-5-9-14-11/h1-13,16,22,25H,14-15,17-20H2,(H,28,30);1-5,12H,6-11H2,(H,16,17);1-9,12H,13H2. The molecule has 0 spiro atoms. The number of carboxylic acid groups (broad SMARTS) is 1. The van der Waals surface area contributed by atoms with Crippen molar-refractivity contribution in [3.8, 4) is 11.5 Å². The number of nitrogens with one attached hydrogen (secondary N) is 1. The minimum atomic E-state index is -0.657. The highest BCUT2D eigenvalue weighted by atomic mass is 16.5. The van der Waals surface area contributed by atoms with Gasteiger partial charge in [0, 0.05) is 31.4 Å². The number of amides is 1. The predicted octanol–water partition coefficient (Wildman–Crippen LogP) is 8.07. The third kappa shape index (κ3) is 15.5. The van der Waals surface area contributed by atoms with Gasteiger partial charge >= 0.3 is 5.97 Å². The number of para-hydroxylation sites is 2. The van der Waals surface area contributed by atoms with Crippen molar-refractivity contribution in [2.45, 2.75) is 37.8 Å². The van der Waals surface area contributed by atoms with Crippen LogP contribution >= 0.6 is 0 Å². The van der Waals surface area contributed by atoms with E-state index in [1.54, 1.807) is 12.4 Å². The lowest BCUT2D eigenvalue weighted by molar-refractivity contribution is -0.143. The Bertz CT molecular complexity index is 2080. The molecule has 2 aromatic heterocycles. The minimum absolute atomic E-state index is 0.0289. The molecule has 2 atom stereocenters. The molecule has 0 radical (unpaired) electrons. The van der Waals surface area contributed by atoms with Crippen LogP contribution in [-0.2, 0) is 9.59 Å². The molecule has 0 aliphatic carbocycles. The van der Waals surface area contributed by atoms with Crippen LogP contribution in [0, 0.1) is 11.8 Å². The molecule has 2 unspecified atom stereocenters. The quantitative estimate of drug-likeness (QED) is 0.0929. The van der Waals surface area contributed by atoms with Crippen molar-refractivity contribution >= 4 is 11.9 Å². The van der Waals surface area contributed by atoms with E-state index in [0.717, 1.165) is 99.0 Å². The van der Waals surface area contributed by atoms with Crippen LogP contribution in [0.25, 0.3) is 0 Å². The Labute approximate surface area is 371 Å². The first-order valence-electron chi connectivity index (χ1n) is 21.9. The lowest BCUT2D eigenvalue weighted by atomic mass is 9.94. The second-order valence-electron chi connectivity index (χ2n) is 15.6. The van der Waals surface area contributed by atoms with Gasteiger partial charge in [-0.1, -0.05) is 109 Å². The van der Waals surface area contributed by atoms with E-state index >= 15 is 0 Å². The molecule has 2 fully saturated rings. The van der Waals surface area contributed by atoms with Gasteiger partial charge in [0.15, 0.2) is 0 Å². The summed E-state index contributed by atoms with van der Waals surface area (Å²) >= 11 is 0. The highest BCUT2D eigenvalue weighted by Crippen LogP contribution is 2.24. The molecule has 0 saturated carbocycles. The summed E-state index contributed by atoms with van der Waals surface area (Å²) in [6, 6.07) is 50.9. The molecule has 1 amide bonds. The monoisotopic (exact) mass is 848 g/mol. The summed E-state index contributed by atoms with van der Waals surface area (Å²) in [4.78, 5) is 37.3. The Balaban J connectivity index is 0.000000174. The number of pyridine rings is 2. The normalized spacial score (nSPS) is 15.6. The number of hydrogen-bond acceptors (Lipinski definition) is 9. The largest absolute Gasteiger partial charge is 0.492 e. The average Bonchev–Trinajstić information content (AvgIpc) is 3.35. The van der Waals surface area contributed by atoms with Crippen molar-refractivity contribution < 1.29 is 24.2 Å². The van der Waals surface area contributed by atoms with Crippen LogP contribution < -0.4 is 20.5 Å². The number of aromatic nitrogens is 2. The molecule has 6 aromatic rings. The number of aliphatic carboxylic acids is 1. The van der Waals surface area contributed by atoms with Gasteiger partial charge in [0.25, 0.3) is 0 Å². The molecule has 2 aliphatic heterocycles. The Morgan fingerprint density at radius 1 is 0.571 bits per heavy atom. The second-order valence-corrected chi connectivity index (χ2v) is 15.6. The first-order valence-corrected chi connectivity index (χ1v) is 21.9. The first kappa shape index (κ1) is 46.1. The minimum Gasteiger partial charge on any atom is -0.492 e. The van der Waals surface area contributed by atoms with E-state index < -0.39 is 5.97 Å². The van der Waals surface area contributed by atoms with Gasteiger partial charge in [0.1, 0.15) is 24.7 Å². The molecule has 4 N–H and O–H groups in total. The SMILES string of the molecule is NC(c1ccccc1)c1ccccn1.O=C(NC(c1ccccc1)c1ccccn1)C1CCN(CCOc2ccccc2)CC1.O=C(O)C1CCN(CCOc2ccccc2)CC1. The summed E-state index contributed by atoms with van der Waals surface area (Å²) in [6.07, 6.45) is 6.76. The maximum atomic E-state index is 13.1. The van der Waals surface area contributed by atoms with Crippen molar-refractivity contribution in [3.05, 3.63) is 193 Å². The fourth-order valence-electron chi connectivity index (χ4n) is 7.61. The number of nitrogens with two attached hydrogens (primary N) is 1. The number of likely N-dealkylation sites (tertiary alicyclic amines) is 2. The van der Waals surface area contributed by atoms with Crippen LogP contribution in [0.3, 0.4) is 0 Å². The van der Waals surface area contributed by atoms with Crippen LogP contribution in [0.15, 0.2) is 170 Å². The van der Waals surface area contributed by atoms with Gasteiger partial charge in [-0.2, -0.15) is 0 Å². The number of carboxylic acids is 1. The maximum Gasteiger partial charge on any atom is 0.306 e. The topological polar surface area (TPSA) is 143 Å². The zero-order valence-electron chi connectivity index (χ0n) is 35.9. The van der Waals surface area contributed by atoms with Gasteiger partial charge in [-0.3, -0.25) is 29.4 Å². The first-order chi connectivity index (χ1) is 30.9. The van der Waals surface area contributed by atoms with Crippen LogP contribution in [-0.4, -0.2) is 89.2 Å². The Hall–Kier alpha value is -6.40. The van der Waals surface area contributed by atoms with Crippen LogP contribution in [0.1, 0.15) is 60.3 Å². The van der Waals surface area contributed by atoms with E-state index in [0.29, 0.717) is 13.2 Å². The zero-order chi connectivity index (χ0) is 43.9. The molecule has 2 aliphatic rings. The molecular weight excluding hydrogens is 789 g/mol. The van der Waals surface area contributed by atoms with Gasteiger partial charge in [-0.15, -0.1) is 0 Å². The molecule has 0 bridgehead atoms. The van der Waals surface area contributed by atoms with Crippen molar-refractivity contribution in [2.24, 2.45) is 17.6 Å². The van der Waals surface area contributed by atoms with E-state index in [1.807, 2.05) is 158 Å². The van der Waals surface area contributed by atoms with E-state index in [1.165, 1.54) is 0 Å². The van der Waals surface area contributed by atoms with Gasteiger partial charge in [-0.05, 0) is 112 Å². The summed E-state index contributed by atoms with van der Waals surface area (Å²) in [6.45, 7) is 6.60. The number of piperidine rings is 2. The zero-order valence-corrected chi connectivity index (χ0v) is 35.9. The molecule has 4 aromatic carbocycles. The van der Waals surface area contributed by atoms with Crippen molar-refractivity contribution in [1.82, 2.24) is 25.1 Å². The number of carbonyl (C=O) groups excluding carboxylic acids is 1. The average molecular weight is 849 g/mol. The third-order valence-corrected chi connectivity index (χ3v) is 11.3. The molecular formula is C52H60N6O5. The lowest BCUT2D eigenvalue weighted by Crippen LogP contribution is -2.42. The number of ether oxygens (including phenoxy) is 2. The summed E-state index contributed by atoms with van der Waals surface area (Å²) in [5, 5.41) is 12.2. The lowest BCUT2D eigenvalue weighted by Gasteiger charge is -2.32. The fraction of sp³-hybridized carbons (Fsp3) is 0.308. The molecule has 11 nitrogen and oxygen atoms in total. The van der Waals surface area contributed by atoms with E-state index in [2.05, 4.69) is 25.1 Å². The summed E-state index contributed by atoms with van der Waals surface area (Å²) < 4.78 is 11.4. The van der Waals surface area contributed by atoms with Crippen molar-refractivity contribution in [2.75, 3.05) is 52.5 Å². The number of carbonyl (C=O) groups is 2. The van der Waals surface area contributed by atoms with Gasteiger partial charge in [-0.25, -0.2) is 0 Å². The van der Waals surface area contributed by atoms with Crippen molar-refractivity contribution in [3.63, 3.8) is 0 Å². The van der Waals surface area contributed by atoms with E-state index in [9.17, 15) is 9.59 Å². The van der Waals surface area contributed by atoms with Gasteiger partial charge in [0.2, 0.25) is 5.91 Å². The maximum absolute atomic E-state index is 13.1. The molecule has 63 heavy (non-hydrogen) atoms. The third-order valence-electron chi connectivity index (χ3n) is 11.3. The number of hydrogen-bond donors (Lipinski definition) is 3. The molecule has 328 valence electrons. The second kappa shape index (κ2) is 25.5. The summed E-state index contributed by atoms with van der Waals surface area (Å²) in [5.74, 6) is 1.11. The Morgan fingerprint density at radius 3 is 1.43 bits per heavy atom. The van der Waals surface area contributed by atoms with Gasteiger partial charge in [0.05, 0.1) is 29.4 Å². The van der Waals surface area contributed by atoms with E-state index in [-0.39, 0.29) is 29.8 Å². The number of nitrogens with zero attached hydrogens (tertiary/aromatic N) is 4. The van der Waals surface area contributed by atoms with Crippen molar-refractivity contribution in [1.29, 1.82) is 0 Å².